The number of hydrogen-bond donors (Lipinski definition) is 2. The number of hydrogen-bond acceptors (Lipinski definition) is 2. The van der Waals surface area contributed by atoms with Crippen LogP contribution in [0.2, 0.25) is 0 Å². The highest BCUT2D eigenvalue weighted by atomic mass is 19.4. The van der Waals surface area contributed by atoms with Crippen LogP contribution < -0.4 is 10.6 Å². The molecule has 88 valence electrons. The third-order valence-corrected chi connectivity index (χ3v) is 2.09. The van der Waals surface area contributed by atoms with Crippen molar-refractivity contribution in [2.45, 2.75) is 6.18 Å². The van der Waals surface area contributed by atoms with E-state index in [2.05, 4.69) is 10.6 Å². The number of carbonyl (C=O) groups excluding carboxylic acids is 1. The van der Waals surface area contributed by atoms with Gasteiger partial charge >= 0.3 is 6.18 Å². The number of rotatable bonds is 2. The van der Waals surface area contributed by atoms with Crippen LogP contribution in [0.1, 0.15) is 15.9 Å². The number of nitrogens with one attached hydrogen (secondary N) is 2. The molecule has 0 aliphatic rings. The fourth-order valence-electron chi connectivity index (χ4n) is 1.38. The van der Waals surface area contributed by atoms with Gasteiger partial charge in [0.2, 0.25) is 0 Å². The molecule has 1 rings (SSSR count). The van der Waals surface area contributed by atoms with Gasteiger partial charge < -0.3 is 10.6 Å². The van der Waals surface area contributed by atoms with Gasteiger partial charge in [0.1, 0.15) is 0 Å². The predicted octanol–water partition coefficient (Wildman–Crippen LogP) is 2.11. The smallest absolute Gasteiger partial charge is 0.387 e. The summed E-state index contributed by atoms with van der Waals surface area (Å²) in [5.74, 6) is -0.560. The molecular weight excluding hydrogens is 221 g/mol. The van der Waals surface area contributed by atoms with Crippen LogP contribution in [-0.4, -0.2) is 20.0 Å². The molecule has 0 fully saturated rings. The number of amides is 1. The number of alkyl halides is 3. The van der Waals surface area contributed by atoms with Crippen molar-refractivity contribution in [3.63, 3.8) is 0 Å². The van der Waals surface area contributed by atoms with Crippen molar-refractivity contribution in [1.29, 1.82) is 0 Å². The summed E-state index contributed by atoms with van der Waals surface area (Å²) in [6.07, 6.45) is -4.48. The molecule has 0 aromatic heterocycles. The molecule has 0 heterocycles. The molecule has 0 saturated heterocycles. The molecular formula is C10H11F3N2O. The summed E-state index contributed by atoms with van der Waals surface area (Å²) >= 11 is 0. The largest absolute Gasteiger partial charge is 0.418 e. The normalized spacial score (nSPS) is 11.1. The third kappa shape index (κ3) is 2.26. The first-order valence-corrected chi connectivity index (χ1v) is 4.52. The Hall–Kier alpha value is -1.72. The van der Waals surface area contributed by atoms with Crippen LogP contribution in [0.15, 0.2) is 18.2 Å². The molecule has 0 radical (unpaired) electrons. The summed E-state index contributed by atoms with van der Waals surface area (Å²) in [4.78, 5) is 11.4. The minimum absolute atomic E-state index is 0.0279. The molecule has 0 atom stereocenters. The lowest BCUT2D eigenvalue weighted by atomic mass is 10.1. The lowest BCUT2D eigenvalue weighted by Crippen LogP contribution is -2.21. The minimum Gasteiger partial charge on any atom is -0.387 e. The molecule has 0 bridgehead atoms. The first-order chi connectivity index (χ1) is 7.41. The van der Waals surface area contributed by atoms with Gasteiger partial charge in [-0.1, -0.05) is 6.07 Å². The highest BCUT2D eigenvalue weighted by Crippen LogP contribution is 2.36. The Morgan fingerprint density at radius 3 is 2.31 bits per heavy atom. The molecule has 0 unspecified atom stereocenters. The first kappa shape index (κ1) is 12.4. The fourth-order valence-corrected chi connectivity index (χ4v) is 1.38. The SMILES string of the molecule is CNC(=O)c1cccc(C(F)(F)F)c1NC. The predicted molar refractivity (Wildman–Crippen MR) is 54.4 cm³/mol. The third-order valence-electron chi connectivity index (χ3n) is 2.09. The highest BCUT2D eigenvalue weighted by Gasteiger charge is 2.34. The summed E-state index contributed by atoms with van der Waals surface area (Å²) in [5, 5.41) is 4.69. The molecule has 0 aliphatic carbocycles. The second-order valence-corrected chi connectivity index (χ2v) is 3.06. The van der Waals surface area contributed by atoms with Crippen molar-refractivity contribution in [3.8, 4) is 0 Å². The van der Waals surface area contributed by atoms with E-state index in [4.69, 9.17) is 0 Å². The van der Waals surface area contributed by atoms with Gasteiger partial charge in [-0.2, -0.15) is 13.2 Å². The van der Waals surface area contributed by atoms with Crippen LogP contribution in [0.25, 0.3) is 0 Å². The lowest BCUT2D eigenvalue weighted by Gasteiger charge is -2.15. The molecule has 1 amide bonds. The average molecular weight is 232 g/mol. The summed E-state index contributed by atoms with van der Waals surface area (Å²) < 4.78 is 37.8. The standard InChI is InChI=1S/C10H11F3N2O/c1-14-8-6(9(16)15-2)4-3-5-7(8)10(11,12)13/h3-5,14H,1-2H3,(H,15,16). The number of benzene rings is 1. The van der Waals surface area contributed by atoms with Crippen molar-refractivity contribution < 1.29 is 18.0 Å². The van der Waals surface area contributed by atoms with Crippen molar-refractivity contribution >= 4 is 11.6 Å². The van der Waals surface area contributed by atoms with Crippen molar-refractivity contribution in [3.05, 3.63) is 29.3 Å². The summed E-state index contributed by atoms with van der Waals surface area (Å²) in [6, 6.07) is 3.46. The van der Waals surface area contributed by atoms with Crippen LogP contribution in [0.3, 0.4) is 0 Å². The van der Waals surface area contributed by atoms with Crippen LogP contribution in [-0.2, 0) is 6.18 Å². The van der Waals surface area contributed by atoms with Crippen LogP contribution in [0.5, 0.6) is 0 Å². The van der Waals surface area contributed by atoms with E-state index >= 15 is 0 Å². The lowest BCUT2D eigenvalue weighted by molar-refractivity contribution is -0.136. The maximum Gasteiger partial charge on any atom is 0.418 e. The highest BCUT2D eigenvalue weighted by molar-refractivity contribution is 6.00. The number of anilines is 1. The quantitative estimate of drug-likeness (QED) is 0.819. The topological polar surface area (TPSA) is 41.1 Å². The molecule has 16 heavy (non-hydrogen) atoms. The Morgan fingerprint density at radius 2 is 1.88 bits per heavy atom. The second-order valence-electron chi connectivity index (χ2n) is 3.06. The number of para-hydroxylation sites is 1. The summed E-state index contributed by atoms with van der Waals surface area (Å²) in [5.41, 5.74) is -1.09. The van der Waals surface area contributed by atoms with E-state index in [-0.39, 0.29) is 11.3 Å². The van der Waals surface area contributed by atoms with Gasteiger partial charge in [-0.25, -0.2) is 0 Å². The molecule has 0 aliphatic heterocycles. The van der Waals surface area contributed by atoms with E-state index in [0.717, 1.165) is 6.07 Å². The summed E-state index contributed by atoms with van der Waals surface area (Å²) in [7, 11) is 2.71. The molecule has 6 heteroatoms. The van der Waals surface area contributed by atoms with E-state index in [1.807, 2.05) is 0 Å². The Morgan fingerprint density at radius 1 is 1.25 bits per heavy atom. The van der Waals surface area contributed by atoms with E-state index in [0.29, 0.717) is 0 Å². The maximum atomic E-state index is 12.6. The van der Waals surface area contributed by atoms with Gasteiger partial charge in [0.25, 0.3) is 5.91 Å². The monoisotopic (exact) mass is 232 g/mol. The second kappa shape index (κ2) is 4.42. The molecule has 0 saturated carbocycles. The molecule has 2 N–H and O–H groups in total. The van der Waals surface area contributed by atoms with E-state index < -0.39 is 17.6 Å². The zero-order chi connectivity index (χ0) is 12.3. The van der Waals surface area contributed by atoms with Crippen molar-refractivity contribution in [2.24, 2.45) is 0 Å². The Balaban J connectivity index is 3.38. The van der Waals surface area contributed by atoms with Crippen molar-refractivity contribution in [1.82, 2.24) is 5.32 Å². The van der Waals surface area contributed by atoms with Gasteiger partial charge in [0.15, 0.2) is 0 Å². The van der Waals surface area contributed by atoms with E-state index in [9.17, 15) is 18.0 Å². The zero-order valence-corrected chi connectivity index (χ0v) is 8.77. The van der Waals surface area contributed by atoms with E-state index in [1.54, 1.807) is 0 Å². The maximum absolute atomic E-state index is 12.6. The summed E-state index contributed by atoms with van der Waals surface area (Å²) in [6.45, 7) is 0. The number of halogens is 3. The van der Waals surface area contributed by atoms with Gasteiger partial charge in [0.05, 0.1) is 16.8 Å². The van der Waals surface area contributed by atoms with E-state index in [1.165, 1.54) is 26.2 Å². The average Bonchev–Trinajstić information content (AvgIpc) is 2.25. The molecule has 1 aromatic rings. The van der Waals surface area contributed by atoms with Gasteiger partial charge in [0, 0.05) is 14.1 Å². The first-order valence-electron chi connectivity index (χ1n) is 4.52. The zero-order valence-electron chi connectivity index (χ0n) is 8.77. The Bertz CT molecular complexity index is 402. The molecule has 3 nitrogen and oxygen atoms in total. The van der Waals surface area contributed by atoms with Gasteiger partial charge in [-0.05, 0) is 12.1 Å². The van der Waals surface area contributed by atoms with Crippen molar-refractivity contribution in [2.75, 3.05) is 19.4 Å². The number of carbonyl (C=O) groups is 1. The Kier molecular flexibility index (Phi) is 3.41. The fraction of sp³-hybridized carbons (Fsp3) is 0.300. The van der Waals surface area contributed by atoms with Gasteiger partial charge in [-0.15, -0.1) is 0 Å². The molecule has 0 spiro atoms. The van der Waals surface area contributed by atoms with Crippen LogP contribution >= 0.6 is 0 Å². The van der Waals surface area contributed by atoms with Crippen LogP contribution in [0.4, 0.5) is 18.9 Å². The Labute approximate surface area is 90.6 Å². The minimum atomic E-state index is -4.48. The molecule has 1 aromatic carbocycles. The van der Waals surface area contributed by atoms with Crippen LogP contribution in [0, 0.1) is 0 Å². The van der Waals surface area contributed by atoms with Gasteiger partial charge in [-0.3, -0.25) is 4.79 Å².